The fraction of sp³-hybridized carbons (Fsp3) is 0. The van der Waals surface area contributed by atoms with Gasteiger partial charge in [-0.25, -0.2) is 0 Å². The number of carbonyl (C=O) groups excluding carboxylic acids is 1. The van der Waals surface area contributed by atoms with E-state index in [4.69, 9.17) is 4.74 Å². The van der Waals surface area contributed by atoms with Crippen molar-refractivity contribution in [1.29, 1.82) is 0 Å². The van der Waals surface area contributed by atoms with Gasteiger partial charge in [0.1, 0.15) is 0 Å². The van der Waals surface area contributed by atoms with E-state index in [1.807, 2.05) is 18.2 Å². The number of rotatable bonds is 2. The molecule has 1 aliphatic heterocycles. The van der Waals surface area contributed by atoms with E-state index in [1.165, 1.54) is 6.26 Å². The van der Waals surface area contributed by atoms with E-state index in [2.05, 4.69) is 0 Å². The SMILES string of the molecule is O=C([C]1C=CC=CO1)c1ccccc1. The van der Waals surface area contributed by atoms with Crippen LogP contribution in [0.4, 0.5) is 0 Å². The monoisotopic (exact) mass is 185 g/mol. The van der Waals surface area contributed by atoms with E-state index >= 15 is 0 Å². The van der Waals surface area contributed by atoms with Gasteiger partial charge in [-0.05, 0) is 12.2 Å². The zero-order valence-electron chi connectivity index (χ0n) is 7.51. The van der Waals surface area contributed by atoms with Crippen molar-refractivity contribution in [2.45, 2.75) is 0 Å². The fourth-order valence-electron chi connectivity index (χ4n) is 1.20. The van der Waals surface area contributed by atoms with Gasteiger partial charge >= 0.3 is 0 Å². The van der Waals surface area contributed by atoms with Crippen molar-refractivity contribution in [3.63, 3.8) is 0 Å². The molecule has 14 heavy (non-hydrogen) atoms. The predicted octanol–water partition coefficient (Wildman–Crippen LogP) is 2.50. The predicted molar refractivity (Wildman–Crippen MR) is 53.4 cm³/mol. The minimum absolute atomic E-state index is 0.0915. The number of ether oxygens (including phenoxy) is 1. The Hall–Kier alpha value is -1.83. The quantitative estimate of drug-likeness (QED) is 0.662. The lowest BCUT2D eigenvalue weighted by Crippen LogP contribution is -2.12. The molecule has 1 aromatic carbocycles. The second-order valence-corrected chi connectivity index (χ2v) is 2.86. The molecule has 0 amide bonds. The average molecular weight is 185 g/mol. The van der Waals surface area contributed by atoms with Crippen LogP contribution < -0.4 is 0 Å². The van der Waals surface area contributed by atoms with E-state index in [0.29, 0.717) is 11.7 Å². The minimum atomic E-state index is -0.0915. The Morgan fingerprint density at radius 1 is 1.07 bits per heavy atom. The number of hydrogen-bond acceptors (Lipinski definition) is 2. The molecule has 0 fully saturated rings. The molecule has 0 spiro atoms. The third-order valence-electron chi connectivity index (χ3n) is 1.89. The maximum atomic E-state index is 11.8. The van der Waals surface area contributed by atoms with Gasteiger partial charge in [-0.1, -0.05) is 36.4 Å². The Labute approximate surface area is 82.5 Å². The molecule has 2 rings (SSSR count). The molecule has 0 atom stereocenters. The zero-order valence-corrected chi connectivity index (χ0v) is 7.51. The van der Waals surface area contributed by atoms with E-state index in [9.17, 15) is 4.79 Å². The van der Waals surface area contributed by atoms with Crippen molar-refractivity contribution in [1.82, 2.24) is 0 Å². The summed E-state index contributed by atoms with van der Waals surface area (Å²) in [5, 5.41) is 0. The van der Waals surface area contributed by atoms with Crippen molar-refractivity contribution >= 4 is 5.78 Å². The third kappa shape index (κ3) is 1.74. The standard InChI is InChI=1S/C12H9O2/c13-12(10-6-2-1-3-7-10)11-8-4-5-9-14-11/h1-9H. The molecule has 1 radical (unpaired) electrons. The van der Waals surface area contributed by atoms with Crippen LogP contribution in [0.3, 0.4) is 0 Å². The van der Waals surface area contributed by atoms with Crippen LogP contribution in [0.15, 0.2) is 54.8 Å². The molecule has 0 saturated heterocycles. The third-order valence-corrected chi connectivity index (χ3v) is 1.89. The summed E-state index contributed by atoms with van der Waals surface area (Å²) in [6, 6.07) is 9.07. The molecule has 0 unspecified atom stereocenters. The van der Waals surface area contributed by atoms with Crippen molar-refractivity contribution < 1.29 is 9.53 Å². The molecule has 0 saturated carbocycles. The molecule has 2 heteroatoms. The summed E-state index contributed by atoms with van der Waals surface area (Å²) in [5.74, 6) is -0.0915. The summed E-state index contributed by atoms with van der Waals surface area (Å²) in [5.41, 5.74) is 0.641. The first-order valence-corrected chi connectivity index (χ1v) is 4.34. The van der Waals surface area contributed by atoms with E-state index in [0.717, 1.165) is 0 Å². The Balaban J connectivity index is 2.17. The van der Waals surface area contributed by atoms with Crippen LogP contribution in [0.1, 0.15) is 10.4 Å². The van der Waals surface area contributed by atoms with E-state index in [1.54, 1.807) is 30.4 Å². The molecule has 0 aliphatic carbocycles. The molecule has 1 aromatic rings. The fourth-order valence-corrected chi connectivity index (χ4v) is 1.20. The maximum absolute atomic E-state index is 11.8. The molecular weight excluding hydrogens is 176 g/mol. The number of Topliss-reactive ketones (excluding diaryl/α,β-unsaturated/α-hetero) is 1. The lowest BCUT2D eigenvalue weighted by Gasteiger charge is -2.11. The van der Waals surface area contributed by atoms with Gasteiger partial charge in [-0.15, -0.1) is 0 Å². The molecule has 0 aromatic heterocycles. The van der Waals surface area contributed by atoms with Crippen molar-refractivity contribution in [3.05, 3.63) is 66.5 Å². The molecule has 1 heterocycles. The van der Waals surface area contributed by atoms with Gasteiger partial charge in [0, 0.05) is 5.56 Å². The highest BCUT2D eigenvalue weighted by atomic mass is 16.5. The largest absolute Gasteiger partial charge is 0.477 e. The molecule has 0 N–H and O–H groups in total. The highest BCUT2D eigenvalue weighted by Gasteiger charge is 2.20. The van der Waals surface area contributed by atoms with Gasteiger partial charge in [0.15, 0.2) is 0 Å². The van der Waals surface area contributed by atoms with E-state index in [-0.39, 0.29) is 5.78 Å². The highest BCUT2D eigenvalue weighted by molar-refractivity contribution is 6.06. The Morgan fingerprint density at radius 2 is 1.86 bits per heavy atom. The summed E-state index contributed by atoms with van der Waals surface area (Å²) >= 11 is 0. The Kier molecular flexibility index (Phi) is 2.45. The van der Waals surface area contributed by atoms with Crippen molar-refractivity contribution in [2.75, 3.05) is 0 Å². The summed E-state index contributed by atoms with van der Waals surface area (Å²) in [4.78, 5) is 11.8. The molecular formula is C12H9O2. The van der Waals surface area contributed by atoms with Crippen LogP contribution in [0.2, 0.25) is 0 Å². The zero-order chi connectivity index (χ0) is 9.80. The first-order valence-electron chi connectivity index (χ1n) is 4.34. The van der Waals surface area contributed by atoms with Crippen LogP contribution in [0, 0.1) is 6.10 Å². The van der Waals surface area contributed by atoms with E-state index < -0.39 is 0 Å². The number of allylic oxidation sites excluding steroid dienone is 2. The first kappa shape index (κ1) is 8.75. The Bertz CT molecular complexity index is 377. The molecule has 2 nitrogen and oxygen atoms in total. The molecule has 1 aliphatic rings. The van der Waals surface area contributed by atoms with Gasteiger partial charge in [0.25, 0.3) is 0 Å². The average Bonchev–Trinajstić information content (AvgIpc) is 2.30. The second kappa shape index (κ2) is 3.92. The second-order valence-electron chi connectivity index (χ2n) is 2.86. The molecule has 69 valence electrons. The number of carbonyl (C=O) groups is 1. The minimum Gasteiger partial charge on any atom is -0.477 e. The van der Waals surface area contributed by atoms with Gasteiger partial charge in [0.2, 0.25) is 11.9 Å². The van der Waals surface area contributed by atoms with Gasteiger partial charge in [0.05, 0.1) is 6.26 Å². The molecule has 0 bridgehead atoms. The topological polar surface area (TPSA) is 26.3 Å². The number of ketones is 1. The summed E-state index contributed by atoms with van der Waals surface area (Å²) in [7, 11) is 0. The smallest absolute Gasteiger partial charge is 0.239 e. The lowest BCUT2D eigenvalue weighted by molar-refractivity contribution is 0.0918. The van der Waals surface area contributed by atoms with Crippen LogP contribution >= 0.6 is 0 Å². The summed E-state index contributed by atoms with van der Waals surface area (Å²) in [6.45, 7) is 0. The van der Waals surface area contributed by atoms with Gasteiger partial charge in [-0.3, -0.25) is 4.79 Å². The van der Waals surface area contributed by atoms with Crippen LogP contribution in [-0.2, 0) is 4.74 Å². The van der Waals surface area contributed by atoms with Gasteiger partial charge < -0.3 is 4.74 Å². The van der Waals surface area contributed by atoms with Crippen LogP contribution in [-0.4, -0.2) is 5.78 Å². The van der Waals surface area contributed by atoms with Crippen LogP contribution in [0.5, 0.6) is 0 Å². The lowest BCUT2D eigenvalue weighted by atomic mass is 10.1. The number of benzene rings is 1. The summed E-state index contributed by atoms with van der Waals surface area (Å²) in [6.07, 6.45) is 7.03. The van der Waals surface area contributed by atoms with Crippen LogP contribution in [0.25, 0.3) is 0 Å². The number of hydrogen-bond donors (Lipinski definition) is 0. The highest BCUT2D eigenvalue weighted by Crippen LogP contribution is 2.16. The first-order chi connectivity index (χ1) is 6.88. The van der Waals surface area contributed by atoms with Gasteiger partial charge in [-0.2, -0.15) is 0 Å². The van der Waals surface area contributed by atoms with Crippen molar-refractivity contribution in [2.24, 2.45) is 0 Å². The summed E-state index contributed by atoms with van der Waals surface area (Å²) < 4.78 is 5.09. The van der Waals surface area contributed by atoms with Crippen molar-refractivity contribution in [3.8, 4) is 0 Å². The maximum Gasteiger partial charge on any atom is 0.239 e. The normalized spacial score (nSPS) is 15.1. The Morgan fingerprint density at radius 3 is 2.50 bits per heavy atom.